The fraction of sp³-hybridized carbons (Fsp3) is 0.304. The molecule has 0 bridgehead atoms. The lowest BCUT2D eigenvalue weighted by Crippen LogP contribution is -2.25. The Labute approximate surface area is 187 Å². The number of sulfonamides is 1. The van der Waals surface area contributed by atoms with Crippen molar-refractivity contribution in [3.63, 3.8) is 0 Å². The van der Waals surface area contributed by atoms with Crippen molar-refractivity contribution in [1.82, 2.24) is 18.8 Å². The van der Waals surface area contributed by atoms with Crippen LogP contribution >= 0.6 is 0 Å². The van der Waals surface area contributed by atoms with Gasteiger partial charge in [-0.15, -0.1) is 0 Å². The summed E-state index contributed by atoms with van der Waals surface area (Å²) in [5.74, 6) is -0.534. The normalized spacial score (nSPS) is 15.7. The second-order valence-corrected chi connectivity index (χ2v) is 10.1. The van der Waals surface area contributed by atoms with Crippen molar-refractivity contribution in [3.8, 4) is 0 Å². The molecule has 0 unspecified atom stereocenters. The zero-order valence-electron chi connectivity index (χ0n) is 17.8. The van der Waals surface area contributed by atoms with Crippen LogP contribution < -0.4 is 0 Å². The first-order valence-corrected chi connectivity index (χ1v) is 12.0. The van der Waals surface area contributed by atoms with E-state index in [2.05, 4.69) is 9.97 Å². The molecule has 8 nitrogen and oxygen atoms in total. The van der Waals surface area contributed by atoms with Crippen LogP contribution in [0, 0.1) is 0 Å². The zero-order valence-corrected chi connectivity index (χ0v) is 18.6. The summed E-state index contributed by atoms with van der Waals surface area (Å²) in [7, 11) is -1.52. The van der Waals surface area contributed by atoms with Gasteiger partial charge in [0.05, 0.1) is 18.5 Å². The molecule has 0 atom stereocenters. The van der Waals surface area contributed by atoms with Crippen LogP contribution in [-0.2, 0) is 30.0 Å². The molecule has 0 spiro atoms. The van der Waals surface area contributed by atoms with Crippen LogP contribution in [0.3, 0.4) is 0 Å². The Morgan fingerprint density at radius 3 is 2.53 bits per heavy atom. The van der Waals surface area contributed by atoms with Crippen LogP contribution in [0.25, 0.3) is 0 Å². The number of pyridine rings is 1. The number of aryl methyl sites for hydroxylation is 1. The standard InChI is InChI=1S/C23H24N4O4S/c1-26-15-21(25-16-26)23(29)13-22(28)19-10-17(12-20-5-2-3-6-24-20)9-18(11-19)14-27-7-4-8-32(27,30)31/h2-3,5-6,9-11,15-16H,4,7-8,12-14H2,1H3. The maximum Gasteiger partial charge on any atom is 0.214 e. The molecule has 166 valence electrons. The Bertz CT molecular complexity index is 1250. The molecule has 9 heteroatoms. The lowest BCUT2D eigenvalue weighted by atomic mass is 9.97. The number of hydrogen-bond donors (Lipinski definition) is 0. The third kappa shape index (κ3) is 5.17. The van der Waals surface area contributed by atoms with Gasteiger partial charge in [-0.1, -0.05) is 12.1 Å². The average Bonchev–Trinajstić information content (AvgIpc) is 3.33. The van der Waals surface area contributed by atoms with Crippen molar-refractivity contribution < 1.29 is 18.0 Å². The molecule has 1 aromatic carbocycles. The topological polar surface area (TPSA) is 102 Å². The quantitative estimate of drug-likeness (QED) is 0.384. The predicted octanol–water partition coefficient (Wildman–Crippen LogP) is 2.40. The summed E-state index contributed by atoms with van der Waals surface area (Å²) in [6, 6.07) is 11.0. The van der Waals surface area contributed by atoms with E-state index in [1.54, 1.807) is 36.1 Å². The number of carbonyl (C=O) groups is 2. The molecule has 1 fully saturated rings. The van der Waals surface area contributed by atoms with Gasteiger partial charge < -0.3 is 4.57 Å². The van der Waals surface area contributed by atoms with Gasteiger partial charge in [0.1, 0.15) is 5.69 Å². The first-order valence-electron chi connectivity index (χ1n) is 10.3. The zero-order chi connectivity index (χ0) is 22.7. The van der Waals surface area contributed by atoms with Crippen LogP contribution in [0.5, 0.6) is 0 Å². The van der Waals surface area contributed by atoms with E-state index in [-0.39, 0.29) is 36.0 Å². The number of hydrogen-bond acceptors (Lipinski definition) is 6. The largest absolute Gasteiger partial charge is 0.340 e. The monoisotopic (exact) mass is 452 g/mol. The van der Waals surface area contributed by atoms with Crippen molar-refractivity contribution in [3.05, 3.63) is 83.2 Å². The van der Waals surface area contributed by atoms with Crippen molar-refractivity contribution in [2.45, 2.75) is 25.8 Å². The van der Waals surface area contributed by atoms with Crippen LogP contribution in [0.4, 0.5) is 0 Å². The highest BCUT2D eigenvalue weighted by atomic mass is 32.2. The molecule has 0 amide bonds. The molecule has 3 heterocycles. The first-order chi connectivity index (χ1) is 15.3. The molecular weight excluding hydrogens is 428 g/mol. The second-order valence-electron chi connectivity index (χ2n) is 7.99. The maximum atomic E-state index is 13.0. The summed E-state index contributed by atoms with van der Waals surface area (Å²) in [5.41, 5.74) is 3.02. The number of ketones is 2. The number of aromatic nitrogens is 3. The highest BCUT2D eigenvalue weighted by molar-refractivity contribution is 7.89. The van der Waals surface area contributed by atoms with E-state index in [9.17, 15) is 18.0 Å². The molecule has 1 aliphatic heterocycles. The number of benzene rings is 1. The van der Waals surface area contributed by atoms with Gasteiger partial charge in [0.15, 0.2) is 11.6 Å². The van der Waals surface area contributed by atoms with Crippen molar-refractivity contribution >= 4 is 21.6 Å². The van der Waals surface area contributed by atoms with E-state index in [4.69, 9.17) is 0 Å². The highest BCUT2D eigenvalue weighted by Crippen LogP contribution is 2.21. The van der Waals surface area contributed by atoms with Gasteiger partial charge in [-0.05, 0) is 41.8 Å². The van der Waals surface area contributed by atoms with E-state index in [1.807, 2.05) is 24.3 Å². The molecule has 32 heavy (non-hydrogen) atoms. The van der Waals surface area contributed by atoms with Gasteiger partial charge in [0, 0.05) is 50.2 Å². The Morgan fingerprint density at radius 1 is 1.06 bits per heavy atom. The van der Waals surface area contributed by atoms with Crippen LogP contribution in [0.2, 0.25) is 0 Å². The van der Waals surface area contributed by atoms with Gasteiger partial charge in [-0.3, -0.25) is 14.6 Å². The van der Waals surface area contributed by atoms with Crippen LogP contribution in [0.1, 0.15) is 50.5 Å². The first kappa shape index (κ1) is 22.0. The fourth-order valence-corrected chi connectivity index (χ4v) is 5.30. The second kappa shape index (κ2) is 9.13. The van der Waals surface area contributed by atoms with E-state index in [1.165, 1.54) is 10.6 Å². The molecule has 0 saturated carbocycles. The number of carbonyl (C=O) groups excluding carboxylic acids is 2. The lowest BCUT2D eigenvalue weighted by molar-refractivity contribution is 0.0891. The molecule has 1 saturated heterocycles. The molecule has 4 rings (SSSR count). The minimum atomic E-state index is -3.27. The minimum absolute atomic E-state index is 0.144. The van der Waals surface area contributed by atoms with Crippen molar-refractivity contribution in [2.75, 3.05) is 12.3 Å². The molecule has 3 aromatic rings. The van der Waals surface area contributed by atoms with Gasteiger partial charge in [0.25, 0.3) is 0 Å². The SMILES string of the molecule is Cn1cnc(C(=O)CC(=O)c2cc(Cc3ccccn3)cc(CN3CCCS3(=O)=O)c2)c1. The van der Waals surface area contributed by atoms with Gasteiger partial charge in [-0.25, -0.2) is 13.4 Å². The molecule has 0 N–H and O–H groups in total. The number of nitrogens with zero attached hydrogens (tertiary/aromatic N) is 4. The van der Waals surface area contributed by atoms with E-state index in [0.717, 1.165) is 16.8 Å². The van der Waals surface area contributed by atoms with Gasteiger partial charge in [-0.2, -0.15) is 4.31 Å². The predicted molar refractivity (Wildman–Crippen MR) is 119 cm³/mol. The maximum absolute atomic E-state index is 13.0. The third-order valence-corrected chi connectivity index (χ3v) is 7.26. The fourth-order valence-electron chi connectivity index (χ4n) is 3.80. The smallest absolute Gasteiger partial charge is 0.214 e. The van der Waals surface area contributed by atoms with Crippen molar-refractivity contribution in [1.29, 1.82) is 0 Å². The lowest BCUT2D eigenvalue weighted by Gasteiger charge is -2.16. The summed E-state index contributed by atoms with van der Waals surface area (Å²) < 4.78 is 27.6. The van der Waals surface area contributed by atoms with Crippen LogP contribution in [0.15, 0.2) is 55.1 Å². The molecule has 2 aromatic heterocycles. The minimum Gasteiger partial charge on any atom is -0.340 e. The molecular formula is C23H24N4O4S. The average molecular weight is 453 g/mol. The number of Topliss-reactive ketones (excluding diaryl/α,β-unsaturated/α-hetero) is 2. The Kier molecular flexibility index (Phi) is 6.29. The highest BCUT2D eigenvalue weighted by Gasteiger charge is 2.28. The molecule has 0 radical (unpaired) electrons. The number of imidazole rings is 1. The van der Waals surface area contributed by atoms with E-state index in [0.29, 0.717) is 24.9 Å². The summed E-state index contributed by atoms with van der Waals surface area (Å²) in [5, 5.41) is 0. The summed E-state index contributed by atoms with van der Waals surface area (Å²) in [4.78, 5) is 33.8. The third-order valence-electron chi connectivity index (χ3n) is 5.36. The van der Waals surface area contributed by atoms with E-state index < -0.39 is 10.0 Å². The summed E-state index contributed by atoms with van der Waals surface area (Å²) in [6.45, 7) is 0.668. The van der Waals surface area contributed by atoms with Gasteiger partial charge in [0.2, 0.25) is 10.0 Å². The Balaban J connectivity index is 1.61. The number of rotatable bonds is 8. The molecule has 0 aliphatic carbocycles. The van der Waals surface area contributed by atoms with Gasteiger partial charge >= 0.3 is 0 Å². The molecule has 1 aliphatic rings. The Morgan fingerprint density at radius 2 is 1.88 bits per heavy atom. The summed E-state index contributed by atoms with van der Waals surface area (Å²) >= 11 is 0. The van der Waals surface area contributed by atoms with E-state index >= 15 is 0 Å². The Hall–Kier alpha value is -3.17. The van der Waals surface area contributed by atoms with Crippen LogP contribution in [-0.4, -0.2) is 51.1 Å². The van der Waals surface area contributed by atoms with Crippen molar-refractivity contribution in [2.24, 2.45) is 7.05 Å². The summed E-state index contributed by atoms with van der Waals surface area (Å²) in [6.07, 6.45) is 5.59.